The molecule has 0 unspecified atom stereocenters. The summed E-state index contributed by atoms with van der Waals surface area (Å²) in [5.41, 5.74) is 4.29. The van der Waals surface area contributed by atoms with Crippen LogP contribution in [-0.4, -0.2) is 16.6 Å². The van der Waals surface area contributed by atoms with E-state index in [2.05, 4.69) is 4.99 Å². The summed E-state index contributed by atoms with van der Waals surface area (Å²) in [6.07, 6.45) is 1.59. The molecule has 0 saturated carbocycles. The number of carbonyl (C=O) groups is 1. The first-order valence-electron chi connectivity index (χ1n) is 8.42. The Morgan fingerprint density at radius 2 is 1.96 bits per heavy atom. The van der Waals surface area contributed by atoms with Crippen LogP contribution in [0.25, 0.3) is 0 Å². The Balaban J connectivity index is 2.13. The third-order valence-corrected chi connectivity index (χ3v) is 4.60. The topological polar surface area (TPSA) is 49.7 Å². The molecule has 0 radical (unpaired) electrons. The van der Waals surface area contributed by atoms with Crippen molar-refractivity contribution >= 4 is 28.8 Å². The van der Waals surface area contributed by atoms with Gasteiger partial charge in [-0.3, -0.25) is 9.79 Å². The van der Waals surface area contributed by atoms with Crippen molar-refractivity contribution in [2.75, 3.05) is 0 Å². The van der Waals surface area contributed by atoms with E-state index in [9.17, 15) is 9.90 Å². The van der Waals surface area contributed by atoms with Crippen molar-refractivity contribution in [3.8, 4) is 5.75 Å². The van der Waals surface area contributed by atoms with Crippen molar-refractivity contribution in [2.45, 2.75) is 46.5 Å². The van der Waals surface area contributed by atoms with Gasteiger partial charge in [0.2, 0.25) is 0 Å². The highest BCUT2D eigenvalue weighted by atomic mass is 35.5. The summed E-state index contributed by atoms with van der Waals surface area (Å²) in [7, 11) is 0. The fourth-order valence-corrected chi connectivity index (χ4v) is 3.18. The van der Waals surface area contributed by atoms with Crippen molar-refractivity contribution in [1.82, 2.24) is 0 Å². The summed E-state index contributed by atoms with van der Waals surface area (Å²) >= 11 is 5.98. The highest BCUT2D eigenvalue weighted by molar-refractivity contribution is 6.30. The molecule has 1 atom stereocenters. The number of rotatable bonds is 6. The van der Waals surface area contributed by atoms with Crippen molar-refractivity contribution in [3.63, 3.8) is 0 Å². The van der Waals surface area contributed by atoms with Crippen LogP contribution in [0.1, 0.15) is 61.0 Å². The maximum absolute atomic E-state index is 11.8. The maximum Gasteiger partial charge on any atom is 0.160 e. The number of aliphatic imine (C=N–C) groups is 1. The molecule has 0 bridgehead atoms. The zero-order valence-electron chi connectivity index (χ0n) is 15.1. The van der Waals surface area contributed by atoms with Crippen LogP contribution < -0.4 is 0 Å². The number of ketones is 1. The Morgan fingerprint density at radius 3 is 2.60 bits per heavy atom. The van der Waals surface area contributed by atoms with Gasteiger partial charge in [-0.15, -0.1) is 0 Å². The van der Waals surface area contributed by atoms with Crippen LogP contribution in [0.3, 0.4) is 0 Å². The van der Waals surface area contributed by atoms with Gasteiger partial charge in [0, 0.05) is 21.9 Å². The molecule has 0 spiro atoms. The fraction of sp³-hybridized carbons (Fsp3) is 0.333. The Kier molecular flexibility index (Phi) is 6.38. The summed E-state index contributed by atoms with van der Waals surface area (Å²) in [5.74, 6) is 0.222. The molecule has 2 aromatic carbocycles. The highest BCUT2D eigenvalue weighted by Crippen LogP contribution is 2.32. The average molecular weight is 358 g/mol. The van der Waals surface area contributed by atoms with Gasteiger partial charge in [-0.2, -0.15) is 0 Å². The molecule has 4 heteroatoms. The highest BCUT2D eigenvalue weighted by Gasteiger charge is 2.17. The van der Waals surface area contributed by atoms with E-state index in [0.29, 0.717) is 10.6 Å². The molecule has 0 heterocycles. The predicted molar refractivity (Wildman–Crippen MR) is 105 cm³/mol. The zero-order chi connectivity index (χ0) is 18.6. The molecular formula is C21H24ClNO2. The number of halogens is 1. The van der Waals surface area contributed by atoms with E-state index < -0.39 is 0 Å². The molecule has 0 fully saturated rings. The number of phenols is 1. The number of phenolic OH excluding ortho intramolecular Hbond substituents is 1. The lowest BCUT2D eigenvalue weighted by molar-refractivity contribution is 0.101. The van der Waals surface area contributed by atoms with Crippen molar-refractivity contribution in [3.05, 3.63) is 58.1 Å². The molecule has 0 amide bonds. The van der Waals surface area contributed by atoms with Crippen molar-refractivity contribution in [1.29, 1.82) is 0 Å². The Labute approximate surface area is 154 Å². The van der Waals surface area contributed by atoms with Gasteiger partial charge in [0.05, 0.1) is 5.69 Å². The van der Waals surface area contributed by atoms with Gasteiger partial charge < -0.3 is 5.11 Å². The summed E-state index contributed by atoms with van der Waals surface area (Å²) in [6.45, 7) is 7.54. The van der Waals surface area contributed by atoms with Gasteiger partial charge in [-0.1, -0.05) is 30.7 Å². The van der Waals surface area contributed by atoms with Gasteiger partial charge in [0.15, 0.2) is 5.78 Å². The molecule has 2 rings (SSSR count). The smallest absolute Gasteiger partial charge is 0.160 e. The van der Waals surface area contributed by atoms with Crippen LogP contribution in [0, 0.1) is 6.92 Å². The van der Waals surface area contributed by atoms with Crippen LogP contribution in [0.2, 0.25) is 5.02 Å². The first-order chi connectivity index (χ1) is 11.8. The van der Waals surface area contributed by atoms with Crippen LogP contribution in [-0.2, 0) is 0 Å². The minimum Gasteiger partial charge on any atom is -0.508 e. The molecule has 0 aromatic heterocycles. The second-order valence-corrected chi connectivity index (χ2v) is 6.95. The lowest BCUT2D eigenvalue weighted by Crippen LogP contribution is -2.05. The van der Waals surface area contributed by atoms with E-state index in [-0.39, 0.29) is 17.5 Å². The quantitative estimate of drug-likeness (QED) is 0.491. The lowest BCUT2D eigenvalue weighted by atomic mass is 9.89. The number of aryl methyl sites for hydroxylation is 1. The van der Waals surface area contributed by atoms with Crippen molar-refractivity contribution in [2.24, 2.45) is 4.99 Å². The Morgan fingerprint density at radius 1 is 1.24 bits per heavy atom. The Bertz CT molecular complexity index is 812. The summed E-state index contributed by atoms with van der Waals surface area (Å²) in [5, 5.41) is 10.9. The predicted octanol–water partition coefficient (Wildman–Crippen LogP) is 6.23. The largest absolute Gasteiger partial charge is 0.508 e. The fourth-order valence-electron chi connectivity index (χ4n) is 2.95. The van der Waals surface area contributed by atoms with Gasteiger partial charge in [0.25, 0.3) is 0 Å². The third kappa shape index (κ3) is 4.93. The van der Waals surface area contributed by atoms with Crippen LogP contribution in [0.4, 0.5) is 5.69 Å². The van der Waals surface area contributed by atoms with Gasteiger partial charge in [-0.25, -0.2) is 0 Å². The number of Topliss-reactive ketones (excluding diaryl/α,β-unsaturated/α-hetero) is 1. The summed E-state index contributed by atoms with van der Waals surface area (Å²) in [4.78, 5) is 16.5. The average Bonchev–Trinajstić information content (AvgIpc) is 2.55. The number of hydrogen-bond acceptors (Lipinski definition) is 3. The van der Waals surface area contributed by atoms with Gasteiger partial charge in [0.1, 0.15) is 5.75 Å². The molecular weight excluding hydrogens is 334 g/mol. The number of aromatic hydroxyl groups is 1. The van der Waals surface area contributed by atoms with E-state index in [0.717, 1.165) is 35.4 Å². The van der Waals surface area contributed by atoms with Gasteiger partial charge in [-0.05, 0) is 69.4 Å². The molecule has 0 aliphatic heterocycles. The normalized spacial score (nSPS) is 12.9. The minimum atomic E-state index is -0.0278. The first kappa shape index (κ1) is 19.2. The maximum atomic E-state index is 11.8. The standard InChI is InChI=1S/C21H24ClNO2/c1-13(21-18(16(4)24)6-5-7-20(21)25)8-9-15(3)23-19-11-10-17(22)12-14(19)2/h5-7,10-13,25H,8-9H2,1-4H3/t13-/m1/s1. The molecule has 2 aromatic rings. The second kappa shape index (κ2) is 8.30. The van der Waals surface area contributed by atoms with Crippen LogP contribution in [0.5, 0.6) is 5.75 Å². The van der Waals surface area contributed by atoms with Gasteiger partial charge >= 0.3 is 0 Å². The van der Waals surface area contributed by atoms with Crippen LogP contribution in [0.15, 0.2) is 41.4 Å². The van der Waals surface area contributed by atoms with E-state index >= 15 is 0 Å². The third-order valence-electron chi connectivity index (χ3n) is 4.36. The molecule has 25 heavy (non-hydrogen) atoms. The molecule has 132 valence electrons. The molecule has 0 aliphatic rings. The summed E-state index contributed by atoms with van der Waals surface area (Å²) in [6, 6.07) is 10.8. The number of carbonyl (C=O) groups excluding carboxylic acids is 1. The number of hydrogen-bond donors (Lipinski definition) is 1. The molecule has 0 aliphatic carbocycles. The second-order valence-electron chi connectivity index (χ2n) is 6.51. The number of nitrogens with zero attached hydrogens (tertiary/aromatic N) is 1. The molecule has 1 N–H and O–H groups in total. The van der Waals surface area contributed by atoms with E-state index in [4.69, 9.17) is 11.6 Å². The molecule has 3 nitrogen and oxygen atoms in total. The van der Waals surface area contributed by atoms with E-state index in [1.165, 1.54) is 6.92 Å². The Hall–Kier alpha value is -2.13. The van der Waals surface area contributed by atoms with E-state index in [1.54, 1.807) is 18.2 Å². The zero-order valence-corrected chi connectivity index (χ0v) is 15.9. The number of benzene rings is 2. The summed E-state index contributed by atoms with van der Waals surface area (Å²) < 4.78 is 0. The minimum absolute atomic E-state index is 0.0278. The lowest BCUT2D eigenvalue weighted by Gasteiger charge is -2.17. The van der Waals surface area contributed by atoms with E-state index in [1.807, 2.05) is 39.0 Å². The SMILES string of the molecule is CC(=O)c1cccc(O)c1[C@H](C)CCC(C)=Nc1ccc(Cl)cc1C. The molecule has 0 saturated heterocycles. The van der Waals surface area contributed by atoms with Crippen LogP contribution >= 0.6 is 11.6 Å². The first-order valence-corrected chi connectivity index (χ1v) is 8.80. The van der Waals surface area contributed by atoms with Crippen molar-refractivity contribution < 1.29 is 9.90 Å². The monoisotopic (exact) mass is 357 g/mol.